The number of carbonyl (C=O) groups excluding carboxylic acids is 1. The topological polar surface area (TPSA) is 22.0 Å². The first-order valence-corrected chi connectivity index (χ1v) is 12.3. The maximum atomic E-state index is 12.5. The maximum Gasteiger partial charge on any atom is 0.315 e. The molecule has 0 aliphatic carbocycles. The number of hydrogen-bond acceptors (Lipinski definition) is 1. The Morgan fingerprint density at radius 3 is 1.75 bits per heavy atom. The first kappa shape index (κ1) is 23.2. The van der Waals surface area contributed by atoms with Gasteiger partial charge in [0.25, 0.3) is 0 Å². The highest BCUT2D eigenvalue weighted by Crippen LogP contribution is 2.24. The Balaban J connectivity index is 1.46. The van der Waals surface area contributed by atoms with Crippen LogP contribution in [0.15, 0.2) is 24.5 Å². The van der Waals surface area contributed by atoms with Crippen LogP contribution < -0.4 is 0 Å². The highest BCUT2D eigenvalue weighted by atomic mass is 16.2. The van der Waals surface area contributed by atoms with E-state index in [0.717, 1.165) is 32.6 Å². The molecule has 1 saturated heterocycles. The first-order chi connectivity index (χ1) is 13.8. The summed E-state index contributed by atoms with van der Waals surface area (Å²) < 4.78 is 2.87. The third-order valence-corrected chi connectivity index (χ3v) is 6.55. The highest BCUT2D eigenvalue weighted by molar-refractivity contribution is 5.70. The Morgan fingerprint density at radius 1 is 0.786 bits per heavy atom. The van der Waals surface area contributed by atoms with Crippen LogP contribution in [0.25, 0.3) is 0 Å². The lowest BCUT2D eigenvalue weighted by molar-refractivity contribution is -0.869. The van der Waals surface area contributed by atoms with Crippen LogP contribution in [0, 0.1) is 0 Å². The fraction of sp³-hybridized carbons (Fsp3) is 0.800. The summed E-state index contributed by atoms with van der Waals surface area (Å²) in [6.07, 6.45) is 25.5. The number of nitrogens with zero attached hydrogens (tertiary/aromatic N) is 2. The molecule has 2 heterocycles. The molecule has 160 valence electrons. The van der Waals surface area contributed by atoms with Gasteiger partial charge in [-0.05, 0) is 25.0 Å². The minimum Gasteiger partial charge on any atom is -0.307 e. The smallest absolute Gasteiger partial charge is 0.307 e. The van der Waals surface area contributed by atoms with Crippen molar-refractivity contribution in [2.24, 2.45) is 0 Å². The molecule has 1 atom stereocenters. The van der Waals surface area contributed by atoms with E-state index in [9.17, 15) is 4.79 Å². The van der Waals surface area contributed by atoms with Crippen LogP contribution in [0.5, 0.6) is 0 Å². The summed E-state index contributed by atoms with van der Waals surface area (Å²) in [5.41, 5.74) is 0. The summed E-state index contributed by atoms with van der Waals surface area (Å²) in [6, 6.07) is 4.12. The van der Waals surface area contributed by atoms with Gasteiger partial charge < -0.3 is 4.57 Å². The van der Waals surface area contributed by atoms with Crippen LogP contribution in [-0.2, 0) is 11.5 Å². The SMILES string of the molecule is CCCCCCCCCCCCCCCC[N+]1(Cn2cccc2)CCCC1=O. The van der Waals surface area contributed by atoms with Crippen molar-refractivity contribution in [1.82, 2.24) is 4.57 Å². The lowest BCUT2D eigenvalue weighted by atomic mass is 10.0. The molecule has 2 rings (SSSR count). The third kappa shape index (κ3) is 8.51. The summed E-state index contributed by atoms with van der Waals surface area (Å²) in [5, 5.41) is 0. The van der Waals surface area contributed by atoms with Crippen LogP contribution in [0.1, 0.15) is 110 Å². The van der Waals surface area contributed by atoms with Crippen molar-refractivity contribution in [1.29, 1.82) is 0 Å². The molecular formula is C25H45N2O+. The van der Waals surface area contributed by atoms with Crippen molar-refractivity contribution in [3.05, 3.63) is 24.5 Å². The molecule has 1 aliphatic heterocycles. The predicted molar refractivity (Wildman–Crippen MR) is 119 cm³/mol. The molecule has 28 heavy (non-hydrogen) atoms. The van der Waals surface area contributed by atoms with Crippen LogP contribution >= 0.6 is 0 Å². The highest BCUT2D eigenvalue weighted by Gasteiger charge is 2.40. The van der Waals surface area contributed by atoms with Crippen molar-refractivity contribution in [3.8, 4) is 0 Å². The average molecular weight is 390 g/mol. The van der Waals surface area contributed by atoms with E-state index in [1.54, 1.807) is 0 Å². The van der Waals surface area contributed by atoms with Gasteiger partial charge in [0.1, 0.15) is 0 Å². The molecule has 1 amide bonds. The predicted octanol–water partition coefficient (Wildman–Crippen LogP) is 7.06. The van der Waals surface area contributed by atoms with E-state index >= 15 is 0 Å². The quantitative estimate of drug-likeness (QED) is 0.206. The van der Waals surface area contributed by atoms with E-state index in [1.165, 1.54) is 89.9 Å². The van der Waals surface area contributed by atoms with Gasteiger partial charge in [-0.1, -0.05) is 84.0 Å². The third-order valence-electron chi connectivity index (χ3n) is 6.55. The Hall–Kier alpha value is -1.09. The number of hydrogen-bond donors (Lipinski definition) is 0. The van der Waals surface area contributed by atoms with Gasteiger partial charge in [-0.3, -0.25) is 0 Å². The number of unbranched alkanes of at least 4 members (excludes halogenated alkanes) is 13. The Bertz CT molecular complexity index is 511. The summed E-state index contributed by atoms with van der Waals surface area (Å²) in [5.74, 6) is 0.461. The molecule has 1 aliphatic rings. The molecule has 1 aromatic rings. The molecule has 3 heteroatoms. The van der Waals surface area contributed by atoms with E-state index in [0.29, 0.717) is 10.4 Å². The van der Waals surface area contributed by atoms with Crippen LogP contribution in [-0.4, -0.2) is 28.0 Å². The lowest BCUT2D eigenvalue weighted by Crippen LogP contribution is -2.50. The fourth-order valence-corrected chi connectivity index (χ4v) is 4.74. The number of rotatable bonds is 17. The van der Waals surface area contributed by atoms with E-state index in [2.05, 4.69) is 36.0 Å². The first-order valence-electron chi connectivity index (χ1n) is 12.3. The van der Waals surface area contributed by atoms with Crippen molar-refractivity contribution in [3.63, 3.8) is 0 Å². The Kier molecular flexibility index (Phi) is 11.6. The molecule has 1 fully saturated rings. The van der Waals surface area contributed by atoms with E-state index in [4.69, 9.17) is 0 Å². The van der Waals surface area contributed by atoms with Crippen molar-refractivity contribution in [2.75, 3.05) is 13.1 Å². The molecule has 0 saturated carbocycles. The average Bonchev–Trinajstić information content (AvgIpc) is 3.33. The molecule has 1 aromatic heterocycles. The van der Waals surface area contributed by atoms with Gasteiger partial charge in [0.15, 0.2) is 6.67 Å². The van der Waals surface area contributed by atoms with Crippen LogP contribution in [0.4, 0.5) is 0 Å². The molecular weight excluding hydrogens is 344 g/mol. The number of carbonyl (C=O) groups is 1. The zero-order valence-electron chi connectivity index (χ0n) is 18.5. The summed E-state index contributed by atoms with van der Waals surface area (Å²) in [6.45, 7) is 5.20. The zero-order chi connectivity index (χ0) is 19.9. The maximum absolute atomic E-state index is 12.5. The number of likely N-dealkylation sites (tertiary alicyclic amines) is 1. The summed E-state index contributed by atoms with van der Waals surface area (Å²) in [4.78, 5) is 12.5. The minimum absolute atomic E-state index is 0.461. The molecule has 0 N–H and O–H groups in total. The van der Waals surface area contributed by atoms with Gasteiger partial charge in [0.05, 0.1) is 19.5 Å². The monoisotopic (exact) mass is 389 g/mol. The minimum atomic E-state index is 0.461. The molecule has 0 aromatic carbocycles. The van der Waals surface area contributed by atoms with Crippen LogP contribution in [0.3, 0.4) is 0 Å². The molecule has 3 nitrogen and oxygen atoms in total. The fourth-order valence-electron chi connectivity index (χ4n) is 4.74. The van der Waals surface area contributed by atoms with Gasteiger partial charge in [-0.15, -0.1) is 0 Å². The second-order valence-electron chi connectivity index (χ2n) is 9.02. The Labute approximate surface area is 174 Å². The number of quaternary nitrogens is 1. The standard InChI is InChI=1S/C25H45N2O/c1-2-3-4-5-6-7-8-9-10-11-12-13-14-17-22-27(23-18-19-25(27)28)24-26-20-15-16-21-26/h15-16,20-21H,2-14,17-19,22-24H2,1H3/q+1. The second-order valence-corrected chi connectivity index (χ2v) is 9.02. The normalized spacial score (nSPS) is 19.5. The van der Waals surface area contributed by atoms with Gasteiger partial charge >= 0.3 is 5.91 Å². The number of aromatic nitrogens is 1. The molecule has 0 radical (unpaired) electrons. The molecule has 1 unspecified atom stereocenters. The van der Waals surface area contributed by atoms with Crippen molar-refractivity contribution >= 4 is 5.91 Å². The number of amides is 1. The largest absolute Gasteiger partial charge is 0.315 e. The van der Waals surface area contributed by atoms with Gasteiger partial charge in [-0.25, -0.2) is 9.28 Å². The molecule has 0 bridgehead atoms. The second kappa shape index (κ2) is 14.0. The van der Waals surface area contributed by atoms with Gasteiger partial charge in [-0.2, -0.15) is 0 Å². The summed E-state index contributed by atoms with van der Waals surface area (Å²) in [7, 11) is 0. The van der Waals surface area contributed by atoms with E-state index in [-0.39, 0.29) is 0 Å². The molecule has 0 spiro atoms. The Morgan fingerprint density at radius 2 is 1.29 bits per heavy atom. The van der Waals surface area contributed by atoms with Crippen LogP contribution in [0.2, 0.25) is 0 Å². The van der Waals surface area contributed by atoms with E-state index < -0.39 is 0 Å². The van der Waals surface area contributed by atoms with Crippen molar-refractivity contribution < 1.29 is 9.28 Å². The summed E-state index contributed by atoms with van der Waals surface area (Å²) >= 11 is 0. The van der Waals surface area contributed by atoms with E-state index in [1.807, 2.05) is 0 Å². The van der Waals surface area contributed by atoms with Crippen molar-refractivity contribution in [2.45, 2.75) is 116 Å². The lowest BCUT2D eigenvalue weighted by Gasteiger charge is -2.31. The zero-order valence-corrected chi connectivity index (χ0v) is 18.5. The van der Waals surface area contributed by atoms with Gasteiger partial charge in [0.2, 0.25) is 0 Å². The van der Waals surface area contributed by atoms with Gasteiger partial charge in [0, 0.05) is 18.8 Å².